The van der Waals surface area contributed by atoms with Gasteiger partial charge >= 0.3 is 5.97 Å². The largest absolute Gasteiger partial charge is 0.478 e. The highest BCUT2D eigenvalue weighted by atomic mass is 16.4. The molecule has 0 saturated carbocycles. The van der Waals surface area contributed by atoms with E-state index < -0.39 is 17.8 Å². The lowest BCUT2D eigenvalue weighted by molar-refractivity contribution is -0.117. The summed E-state index contributed by atoms with van der Waals surface area (Å²) in [4.78, 5) is 38.8. The van der Waals surface area contributed by atoms with E-state index in [1.807, 2.05) is 24.3 Å². The van der Waals surface area contributed by atoms with E-state index in [0.717, 1.165) is 24.3 Å². The standard InChI is InChI=1S/C28H28N4O4/c1-3-32(4-2)24-16-12-20(13-17-24)18-25(30-26(33)22-8-6-5-7-9-22)27(34)31-29-19-21-10-14-23(15-11-21)28(35)36/h5-19H,3-4H2,1-2H3,(H,30,33)(H,31,34)(H,35,36)/b25-18+,29-19?. The topological polar surface area (TPSA) is 111 Å². The molecule has 8 heteroatoms. The molecule has 36 heavy (non-hydrogen) atoms. The van der Waals surface area contributed by atoms with Gasteiger partial charge in [0.2, 0.25) is 0 Å². The van der Waals surface area contributed by atoms with Crippen LogP contribution in [-0.2, 0) is 4.79 Å². The average Bonchev–Trinajstić information content (AvgIpc) is 2.90. The molecule has 3 aromatic carbocycles. The fraction of sp³-hybridized carbons (Fsp3) is 0.143. The van der Waals surface area contributed by atoms with E-state index >= 15 is 0 Å². The number of carboxylic acids is 1. The third-order valence-electron chi connectivity index (χ3n) is 5.40. The van der Waals surface area contributed by atoms with Gasteiger partial charge in [-0.2, -0.15) is 5.10 Å². The predicted octanol–water partition coefficient (Wildman–Crippen LogP) is 4.15. The van der Waals surface area contributed by atoms with E-state index in [9.17, 15) is 14.4 Å². The van der Waals surface area contributed by atoms with Crippen molar-refractivity contribution in [3.63, 3.8) is 0 Å². The first-order chi connectivity index (χ1) is 17.4. The number of hydrogen-bond donors (Lipinski definition) is 3. The fourth-order valence-electron chi connectivity index (χ4n) is 3.42. The summed E-state index contributed by atoms with van der Waals surface area (Å²) < 4.78 is 0. The van der Waals surface area contributed by atoms with Crippen LogP contribution in [0.3, 0.4) is 0 Å². The lowest BCUT2D eigenvalue weighted by Gasteiger charge is -2.20. The van der Waals surface area contributed by atoms with E-state index in [1.54, 1.807) is 48.5 Å². The summed E-state index contributed by atoms with van der Waals surface area (Å²) in [7, 11) is 0. The lowest BCUT2D eigenvalue weighted by Crippen LogP contribution is -2.32. The summed E-state index contributed by atoms with van der Waals surface area (Å²) in [5.41, 5.74) is 5.41. The van der Waals surface area contributed by atoms with E-state index in [1.165, 1.54) is 18.3 Å². The van der Waals surface area contributed by atoms with Crippen LogP contribution < -0.4 is 15.6 Å². The molecule has 3 N–H and O–H groups in total. The van der Waals surface area contributed by atoms with Crippen LogP contribution in [-0.4, -0.2) is 42.2 Å². The van der Waals surface area contributed by atoms with Crippen molar-refractivity contribution in [2.45, 2.75) is 13.8 Å². The average molecular weight is 485 g/mol. The normalized spacial score (nSPS) is 11.2. The number of nitrogens with one attached hydrogen (secondary N) is 2. The molecule has 3 rings (SSSR count). The number of aromatic carboxylic acids is 1. The number of hydrogen-bond acceptors (Lipinski definition) is 5. The molecule has 8 nitrogen and oxygen atoms in total. The molecule has 2 amide bonds. The van der Waals surface area contributed by atoms with E-state index in [-0.39, 0.29) is 11.3 Å². The quantitative estimate of drug-likeness (QED) is 0.227. The minimum Gasteiger partial charge on any atom is -0.478 e. The summed E-state index contributed by atoms with van der Waals surface area (Å²) in [6.45, 7) is 5.92. The van der Waals surface area contributed by atoms with Gasteiger partial charge in [-0.15, -0.1) is 0 Å². The molecule has 0 radical (unpaired) electrons. The summed E-state index contributed by atoms with van der Waals surface area (Å²) in [5, 5.41) is 15.6. The molecule has 0 aliphatic carbocycles. The zero-order valence-electron chi connectivity index (χ0n) is 20.1. The summed E-state index contributed by atoms with van der Waals surface area (Å²) in [5.74, 6) is -2.06. The highest BCUT2D eigenvalue weighted by Crippen LogP contribution is 2.16. The Hall–Kier alpha value is -4.72. The Morgan fingerprint density at radius 1 is 0.833 bits per heavy atom. The zero-order chi connectivity index (χ0) is 25.9. The van der Waals surface area contributed by atoms with Crippen molar-refractivity contribution in [2.75, 3.05) is 18.0 Å². The van der Waals surface area contributed by atoms with Gasteiger partial charge in [0, 0.05) is 24.3 Å². The highest BCUT2D eigenvalue weighted by Gasteiger charge is 2.14. The lowest BCUT2D eigenvalue weighted by atomic mass is 10.1. The van der Waals surface area contributed by atoms with Gasteiger partial charge < -0.3 is 15.3 Å². The Labute approximate surface area is 210 Å². The number of benzene rings is 3. The first-order valence-corrected chi connectivity index (χ1v) is 11.5. The number of anilines is 1. The van der Waals surface area contributed by atoms with Crippen LogP contribution in [0.4, 0.5) is 5.69 Å². The summed E-state index contributed by atoms with van der Waals surface area (Å²) in [6.07, 6.45) is 2.97. The maximum absolute atomic E-state index is 12.9. The molecule has 3 aromatic rings. The molecule has 0 aliphatic rings. The number of amides is 2. The third kappa shape index (κ3) is 7.14. The second-order valence-corrected chi connectivity index (χ2v) is 7.77. The van der Waals surface area contributed by atoms with E-state index in [0.29, 0.717) is 11.1 Å². The minimum absolute atomic E-state index is 0.0258. The van der Waals surface area contributed by atoms with Crippen LogP contribution in [0.1, 0.15) is 45.7 Å². The predicted molar refractivity (Wildman–Crippen MR) is 141 cm³/mol. The van der Waals surface area contributed by atoms with Crippen LogP contribution in [0.25, 0.3) is 6.08 Å². The SMILES string of the molecule is CCN(CC)c1ccc(/C=C(/NC(=O)c2ccccc2)C(=O)NN=Cc2ccc(C(=O)O)cc2)cc1. The molecule has 0 saturated heterocycles. The number of carbonyl (C=O) groups is 3. The number of rotatable bonds is 10. The number of nitrogens with zero attached hydrogens (tertiary/aromatic N) is 2. The van der Waals surface area contributed by atoms with Gasteiger partial charge in [-0.25, -0.2) is 10.2 Å². The van der Waals surface area contributed by atoms with Gasteiger partial charge in [-0.3, -0.25) is 9.59 Å². The molecule has 0 fully saturated rings. The van der Waals surface area contributed by atoms with Crippen LogP contribution in [0.2, 0.25) is 0 Å². The summed E-state index contributed by atoms with van der Waals surface area (Å²) >= 11 is 0. The Morgan fingerprint density at radius 2 is 1.44 bits per heavy atom. The van der Waals surface area contributed by atoms with Crippen LogP contribution in [0.5, 0.6) is 0 Å². The zero-order valence-corrected chi connectivity index (χ0v) is 20.1. The van der Waals surface area contributed by atoms with Crippen molar-refractivity contribution in [3.05, 3.63) is 107 Å². The highest BCUT2D eigenvalue weighted by molar-refractivity contribution is 6.05. The van der Waals surface area contributed by atoms with Crippen molar-refractivity contribution < 1.29 is 19.5 Å². The molecule has 0 unspecified atom stereocenters. The van der Waals surface area contributed by atoms with Crippen LogP contribution in [0, 0.1) is 0 Å². The fourth-order valence-corrected chi connectivity index (χ4v) is 3.42. The molecule has 0 aromatic heterocycles. The van der Waals surface area contributed by atoms with Gasteiger partial charge in [0.05, 0.1) is 11.8 Å². The van der Waals surface area contributed by atoms with Gasteiger partial charge in [0.1, 0.15) is 5.70 Å². The number of carboxylic acid groups (broad SMARTS) is 1. The van der Waals surface area contributed by atoms with Crippen molar-refractivity contribution >= 4 is 35.8 Å². The molecule has 0 atom stereocenters. The monoisotopic (exact) mass is 484 g/mol. The second-order valence-electron chi connectivity index (χ2n) is 7.77. The molecular weight excluding hydrogens is 456 g/mol. The van der Waals surface area contributed by atoms with Gasteiger partial charge in [-0.05, 0) is 67.4 Å². The van der Waals surface area contributed by atoms with Crippen molar-refractivity contribution in [2.24, 2.45) is 5.10 Å². The van der Waals surface area contributed by atoms with E-state index in [4.69, 9.17) is 5.11 Å². The van der Waals surface area contributed by atoms with Crippen molar-refractivity contribution in [1.82, 2.24) is 10.7 Å². The molecule has 0 aliphatic heterocycles. The molecule has 0 bridgehead atoms. The Bertz CT molecular complexity index is 1250. The first kappa shape index (κ1) is 25.9. The maximum atomic E-state index is 12.9. The third-order valence-corrected chi connectivity index (χ3v) is 5.40. The Morgan fingerprint density at radius 3 is 2.03 bits per heavy atom. The van der Waals surface area contributed by atoms with E-state index in [2.05, 4.69) is 34.6 Å². The van der Waals surface area contributed by atoms with Crippen LogP contribution >= 0.6 is 0 Å². The smallest absolute Gasteiger partial charge is 0.335 e. The number of hydrazone groups is 1. The van der Waals surface area contributed by atoms with Gasteiger partial charge in [0.25, 0.3) is 11.8 Å². The van der Waals surface area contributed by atoms with Crippen LogP contribution in [0.15, 0.2) is 89.7 Å². The Kier molecular flexibility index (Phi) is 9.11. The number of carbonyl (C=O) groups excluding carboxylic acids is 2. The maximum Gasteiger partial charge on any atom is 0.335 e. The van der Waals surface area contributed by atoms with Crippen molar-refractivity contribution in [1.29, 1.82) is 0 Å². The van der Waals surface area contributed by atoms with Gasteiger partial charge in [-0.1, -0.05) is 42.5 Å². The van der Waals surface area contributed by atoms with Gasteiger partial charge in [0.15, 0.2) is 0 Å². The first-order valence-electron chi connectivity index (χ1n) is 11.5. The molecule has 0 heterocycles. The summed E-state index contributed by atoms with van der Waals surface area (Å²) in [6, 6.07) is 22.3. The molecule has 184 valence electrons. The van der Waals surface area contributed by atoms with Crippen molar-refractivity contribution in [3.8, 4) is 0 Å². The minimum atomic E-state index is -1.03. The molecule has 0 spiro atoms. The molecular formula is C28H28N4O4. The second kappa shape index (κ2) is 12.7. The Balaban J connectivity index is 1.80.